The van der Waals surface area contributed by atoms with Crippen LogP contribution >= 0.6 is 11.6 Å². The molecule has 0 fully saturated rings. The van der Waals surface area contributed by atoms with Crippen molar-refractivity contribution < 1.29 is 4.79 Å². The van der Waals surface area contributed by atoms with Crippen LogP contribution < -0.4 is 4.90 Å². The van der Waals surface area contributed by atoms with Gasteiger partial charge in [-0.3, -0.25) is 4.79 Å². The Balaban J connectivity index is 1.77. The molecule has 0 saturated heterocycles. The van der Waals surface area contributed by atoms with Gasteiger partial charge in [0.05, 0.1) is 16.2 Å². The molecule has 0 bridgehead atoms. The van der Waals surface area contributed by atoms with Crippen molar-refractivity contribution in [3.8, 4) is 0 Å². The predicted octanol–water partition coefficient (Wildman–Crippen LogP) is 7.93. The van der Waals surface area contributed by atoms with E-state index in [4.69, 9.17) is 11.6 Å². The number of nitrogens with zero attached hydrogens (tertiary/aromatic N) is 1. The van der Waals surface area contributed by atoms with Crippen LogP contribution in [0.1, 0.15) is 28.4 Å². The average molecular weight is 462 g/mol. The van der Waals surface area contributed by atoms with Crippen molar-refractivity contribution >= 4 is 28.6 Å². The Morgan fingerprint density at radius 2 is 1.29 bits per heavy atom. The maximum absolute atomic E-state index is 13.8. The van der Waals surface area contributed by atoms with Crippen molar-refractivity contribution in [3.05, 3.63) is 155 Å². The van der Waals surface area contributed by atoms with Gasteiger partial charge in [-0.2, -0.15) is 0 Å². The Kier molecular flexibility index (Phi) is 5.91. The van der Waals surface area contributed by atoms with Crippen molar-refractivity contribution in [3.63, 3.8) is 0 Å². The first kappa shape index (κ1) is 21.9. The first-order valence-corrected chi connectivity index (χ1v) is 11.7. The van der Waals surface area contributed by atoms with Gasteiger partial charge in [-0.1, -0.05) is 115 Å². The topological polar surface area (TPSA) is 20.3 Å². The molecule has 4 aromatic carbocycles. The van der Waals surface area contributed by atoms with Crippen molar-refractivity contribution in [2.24, 2.45) is 0 Å². The molecule has 5 rings (SSSR count). The molecule has 1 heterocycles. The van der Waals surface area contributed by atoms with Gasteiger partial charge in [0.15, 0.2) is 5.78 Å². The van der Waals surface area contributed by atoms with Crippen molar-refractivity contribution in [2.45, 2.75) is 12.5 Å². The number of carbonyl (C=O) groups excluding carboxylic acids is 1. The second-order valence-electron chi connectivity index (χ2n) is 8.50. The van der Waals surface area contributed by atoms with E-state index < -0.39 is 5.54 Å². The van der Waals surface area contributed by atoms with E-state index in [9.17, 15) is 4.79 Å². The Morgan fingerprint density at radius 3 is 1.94 bits per heavy atom. The summed E-state index contributed by atoms with van der Waals surface area (Å²) in [6, 6.07) is 37.6. The summed E-state index contributed by atoms with van der Waals surface area (Å²) < 4.78 is 0. The summed E-state index contributed by atoms with van der Waals surface area (Å²) in [7, 11) is 0. The normalized spacial score (nSPS) is 17.6. The van der Waals surface area contributed by atoms with E-state index in [1.165, 1.54) is 0 Å². The summed E-state index contributed by atoms with van der Waals surface area (Å²) in [5.41, 5.74) is 4.56. The molecule has 0 radical (unpaired) electrons. The quantitative estimate of drug-likeness (QED) is 0.281. The van der Waals surface area contributed by atoms with Gasteiger partial charge in [0.25, 0.3) is 0 Å². The second-order valence-corrected chi connectivity index (χ2v) is 8.90. The van der Waals surface area contributed by atoms with Gasteiger partial charge in [0, 0.05) is 17.3 Å². The van der Waals surface area contributed by atoms with Crippen molar-refractivity contribution in [1.82, 2.24) is 0 Å². The third kappa shape index (κ3) is 3.98. The largest absolute Gasteiger partial charge is 0.333 e. The van der Waals surface area contributed by atoms with Gasteiger partial charge in [-0.25, -0.2) is 0 Å². The highest BCUT2D eigenvalue weighted by atomic mass is 35.5. The Hall–Kier alpha value is -3.88. The van der Waals surface area contributed by atoms with Crippen LogP contribution in [-0.2, 0) is 5.54 Å². The zero-order valence-corrected chi connectivity index (χ0v) is 19.6. The minimum absolute atomic E-state index is 0.0251. The molecule has 0 saturated carbocycles. The zero-order chi connectivity index (χ0) is 23.5. The van der Waals surface area contributed by atoms with E-state index in [0.717, 1.165) is 22.4 Å². The average Bonchev–Trinajstić information content (AvgIpc) is 2.90. The standard InChI is InChI=1S/C31H24ClNO/c1-31(25-17-9-4-10-18-25)21-26(23-13-5-2-6-14-23)27(30(34)24-15-7-3-8-16-24)22-33(31)29-20-12-11-19-28(29)32/h2-22H,1H3. The number of Topliss-reactive ketones (excluding diaryl/α,β-unsaturated/α-hetero) is 1. The van der Waals surface area contributed by atoms with Crippen molar-refractivity contribution in [2.75, 3.05) is 4.90 Å². The number of allylic oxidation sites excluding steroid dienone is 2. The lowest BCUT2D eigenvalue weighted by molar-refractivity contribution is 0.103. The molecule has 1 atom stereocenters. The molecule has 0 spiro atoms. The maximum atomic E-state index is 13.8. The molecule has 1 aliphatic rings. The van der Waals surface area contributed by atoms with Crippen LogP contribution in [0, 0.1) is 0 Å². The lowest BCUT2D eigenvalue weighted by Gasteiger charge is -2.43. The highest BCUT2D eigenvalue weighted by molar-refractivity contribution is 6.33. The zero-order valence-electron chi connectivity index (χ0n) is 18.9. The number of hydrogen-bond acceptors (Lipinski definition) is 2. The molecule has 0 amide bonds. The van der Waals surface area contributed by atoms with Crippen LogP contribution in [0.25, 0.3) is 5.57 Å². The smallest absolute Gasteiger partial charge is 0.195 e. The molecule has 166 valence electrons. The van der Waals surface area contributed by atoms with Crippen LogP contribution in [0.2, 0.25) is 5.02 Å². The van der Waals surface area contributed by atoms with Crippen LogP contribution in [0.4, 0.5) is 5.69 Å². The number of ketones is 1. The second kappa shape index (κ2) is 9.17. The van der Waals surface area contributed by atoms with E-state index in [1.807, 2.05) is 97.2 Å². The molecule has 3 heteroatoms. The Morgan fingerprint density at radius 1 is 0.735 bits per heavy atom. The predicted molar refractivity (Wildman–Crippen MR) is 141 cm³/mol. The SMILES string of the molecule is CC1(c2ccccc2)C=C(c2ccccc2)C(C(=O)c2ccccc2)=CN1c1ccccc1Cl. The molecule has 4 aromatic rings. The Labute approximate surface area is 205 Å². The highest BCUT2D eigenvalue weighted by Gasteiger charge is 2.38. The van der Waals surface area contributed by atoms with E-state index in [0.29, 0.717) is 16.2 Å². The monoisotopic (exact) mass is 461 g/mol. The minimum atomic E-state index is -0.572. The summed E-state index contributed by atoms with van der Waals surface area (Å²) in [6.07, 6.45) is 4.16. The molecule has 0 N–H and O–H groups in total. The van der Waals surface area contributed by atoms with Gasteiger partial charge in [-0.15, -0.1) is 0 Å². The lowest BCUT2D eigenvalue weighted by Crippen LogP contribution is -2.42. The van der Waals surface area contributed by atoms with Crippen LogP contribution in [0.5, 0.6) is 0 Å². The van der Waals surface area contributed by atoms with Crippen LogP contribution in [0.3, 0.4) is 0 Å². The molecule has 34 heavy (non-hydrogen) atoms. The Bertz CT molecular complexity index is 1380. The molecular formula is C31H24ClNO. The molecule has 1 unspecified atom stereocenters. The maximum Gasteiger partial charge on any atom is 0.195 e. The summed E-state index contributed by atoms with van der Waals surface area (Å²) in [5, 5.41) is 0.629. The number of para-hydroxylation sites is 1. The van der Waals surface area contributed by atoms with E-state index >= 15 is 0 Å². The van der Waals surface area contributed by atoms with Crippen LogP contribution in [-0.4, -0.2) is 5.78 Å². The first-order valence-electron chi connectivity index (χ1n) is 11.3. The first-order chi connectivity index (χ1) is 16.6. The minimum Gasteiger partial charge on any atom is -0.333 e. The summed E-state index contributed by atoms with van der Waals surface area (Å²) in [6.45, 7) is 2.16. The number of anilines is 1. The molecule has 0 aromatic heterocycles. The summed E-state index contributed by atoms with van der Waals surface area (Å²) in [5.74, 6) is -0.0251. The molecular weight excluding hydrogens is 438 g/mol. The van der Waals surface area contributed by atoms with E-state index in [2.05, 4.69) is 42.2 Å². The van der Waals surface area contributed by atoms with Gasteiger partial charge >= 0.3 is 0 Å². The molecule has 1 aliphatic heterocycles. The third-order valence-corrected chi connectivity index (χ3v) is 6.63. The molecule has 2 nitrogen and oxygen atoms in total. The number of benzene rings is 4. The summed E-state index contributed by atoms with van der Waals surface area (Å²) >= 11 is 6.69. The third-order valence-electron chi connectivity index (χ3n) is 6.31. The fourth-order valence-corrected chi connectivity index (χ4v) is 4.74. The van der Waals surface area contributed by atoms with Crippen LogP contribution in [0.15, 0.2) is 133 Å². The number of carbonyl (C=O) groups is 1. The molecule has 0 aliphatic carbocycles. The van der Waals surface area contributed by atoms with Gasteiger partial charge in [-0.05, 0) is 41.8 Å². The lowest BCUT2D eigenvalue weighted by atomic mass is 9.80. The number of halogens is 1. The van der Waals surface area contributed by atoms with E-state index in [-0.39, 0.29) is 5.78 Å². The number of hydrogen-bond donors (Lipinski definition) is 0. The van der Waals surface area contributed by atoms with E-state index in [1.54, 1.807) is 0 Å². The van der Waals surface area contributed by atoms with Gasteiger partial charge in [0.2, 0.25) is 0 Å². The van der Waals surface area contributed by atoms with Gasteiger partial charge < -0.3 is 4.90 Å². The fraction of sp³-hybridized carbons (Fsp3) is 0.0645. The fourth-order valence-electron chi connectivity index (χ4n) is 4.51. The van der Waals surface area contributed by atoms with Gasteiger partial charge in [0.1, 0.15) is 0 Å². The summed E-state index contributed by atoms with van der Waals surface area (Å²) in [4.78, 5) is 15.9. The number of rotatable bonds is 5. The van der Waals surface area contributed by atoms with Crippen molar-refractivity contribution in [1.29, 1.82) is 0 Å². The highest BCUT2D eigenvalue weighted by Crippen LogP contribution is 2.45.